The van der Waals surface area contributed by atoms with E-state index in [9.17, 15) is 0 Å². The first kappa shape index (κ1) is 9.49. The average molecular weight is 223 g/mol. The van der Waals surface area contributed by atoms with Gasteiger partial charge in [-0.05, 0) is 19.3 Å². The van der Waals surface area contributed by atoms with Crippen LogP contribution in [0.15, 0.2) is 0 Å². The third-order valence-electron chi connectivity index (χ3n) is 1.69. The molecule has 66 valence electrons. The normalized spacial score (nSPS) is 32.2. The summed E-state index contributed by atoms with van der Waals surface area (Å²) in [7, 11) is 0. The van der Waals surface area contributed by atoms with Crippen molar-refractivity contribution in [1.29, 1.82) is 0 Å². The number of hydrogen-bond donors (Lipinski definition) is 0. The van der Waals surface area contributed by atoms with Crippen molar-refractivity contribution in [1.82, 2.24) is 0 Å². The molecule has 1 fully saturated rings. The molecule has 1 rings (SSSR count). The molecule has 0 spiro atoms. The van der Waals surface area contributed by atoms with E-state index in [-0.39, 0.29) is 6.29 Å². The van der Waals surface area contributed by atoms with Crippen LogP contribution in [-0.4, -0.2) is 24.3 Å². The summed E-state index contributed by atoms with van der Waals surface area (Å²) in [5, 5.41) is 0. The molecule has 0 aliphatic carbocycles. The van der Waals surface area contributed by atoms with Gasteiger partial charge in [0.15, 0.2) is 6.29 Å². The fourth-order valence-corrected chi connectivity index (χ4v) is 1.73. The molecule has 2 atom stereocenters. The average Bonchev–Trinajstić information content (AvgIpc) is 2.03. The first-order valence-electron chi connectivity index (χ1n) is 4.22. The monoisotopic (exact) mass is 222 g/mol. The largest absolute Gasteiger partial charge is 0.351 e. The van der Waals surface area contributed by atoms with E-state index < -0.39 is 0 Å². The van der Waals surface area contributed by atoms with E-state index in [1.54, 1.807) is 0 Å². The van der Waals surface area contributed by atoms with Crippen LogP contribution in [0.4, 0.5) is 0 Å². The van der Waals surface area contributed by atoms with Gasteiger partial charge in [0, 0.05) is 13.2 Å². The summed E-state index contributed by atoms with van der Waals surface area (Å²) in [6, 6.07) is 0. The van der Waals surface area contributed by atoms with Crippen molar-refractivity contribution in [2.45, 2.75) is 37.3 Å². The molecule has 1 aliphatic heterocycles. The van der Waals surface area contributed by atoms with Gasteiger partial charge in [0.1, 0.15) is 0 Å². The second-order valence-corrected chi connectivity index (χ2v) is 3.94. The van der Waals surface area contributed by atoms with E-state index in [0.717, 1.165) is 32.5 Å². The molecule has 3 heteroatoms. The molecular formula is C8H15BrO2. The molecule has 0 amide bonds. The van der Waals surface area contributed by atoms with Gasteiger partial charge in [0.2, 0.25) is 0 Å². The van der Waals surface area contributed by atoms with Gasteiger partial charge >= 0.3 is 0 Å². The van der Waals surface area contributed by atoms with Gasteiger partial charge in [-0.2, -0.15) is 0 Å². The molecule has 1 heterocycles. The van der Waals surface area contributed by atoms with Crippen LogP contribution in [0.1, 0.15) is 26.2 Å². The van der Waals surface area contributed by atoms with Crippen molar-refractivity contribution in [3.8, 4) is 0 Å². The minimum absolute atomic E-state index is 0.0105. The SMILES string of the molecule is CCCOC1OCCCC1Br. The highest BCUT2D eigenvalue weighted by Gasteiger charge is 2.23. The fraction of sp³-hybridized carbons (Fsp3) is 1.00. The third-order valence-corrected chi connectivity index (χ3v) is 2.58. The Balaban J connectivity index is 2.18. The van der Waals surface area contributed by atoms with Gasteiger partial charge < -0.3 is 9.47 Å². The number of rotatable bonds is 3. The molecule has 0 radical (unpaired) electrons. The Kier molecular flexibility index (Phi) is 4.41. The molecular weight excluding hydrogens is 208 g/mol. The second kappa shape index (κ2) is 5.12. The maximum atomic E-state index is 5.48. The van der Waals surface area contributed by atoms with Crippen molar-refractivity contribution >= 4 is 15.9 Å². The minimum atomic E-state index is -0.0105. The van der Waals surface area contributed by atoms with E-state index >= 15 is 0 Å². The van der Waals surface area contributed by atoms with E-state index in [1.165, 1.54) is 0 Å². The number of halogens is 1. The summed E-state index contributed by atoms with van der Waals surface area (Å²) in [6.07, 6.45) is 3.35. The van der Waals surface area contributed by atoms with Gasteiger partial charge in [-0.3, -0.25) is 0 Å². The van der Waals surface area contributed by atoms with Gasteiger partial charge in [0.05, 0.1) is 4.83 Å². The Morgan fingerprint density at radius 1 is 1.64 bits per heavy atom. The summed E-state index contributed by atoms with van der Waals surface area (Å²) in [6.45, 7) is 3.75. The Bertz CT molecular complexity index is 108. The van der Waals surface area contributed by atoms with Crippen molar-refractivity contribution < 1.29 is 9.47 Å². The lowest BCUT2D eigenvalue weighted by molar-refractivity contribution is -0.156. The lowest BCUT2D eigenvalue weighted by Crippen LogP contribution is -2.32. The highest BCUT2D eigenvalue weighted by atomic mass is 79.9. The Morgan fingerprint density at radius 3 is 3.09 bits per heavy atom. The van der Waals surface area contributed by atoms with E-state index in [0.29, 0.717) is 4.83 Å². The molecule has 11 heavy (non-hydrogen) atoms. The minimum Gasteiger partial charge on any atom is -0.351 e. The lowest BCUT2D eigenvalue weighted by atomic mass is 10.2. The first-order valence-corrected chi connectivity index (χ1v) is 5.13. The van der Waals surface area contributed by atoms with E-state index in [1.807, 2.05) is 0 Å². The molecule has 0 saturated carbocycles. The van der Waals surface area contributed by atoms with Crippen molar-refractivity contribution in [2.75, 3.05) is 13.2 Å². The van der Waals surface area contributed by atoms with Crippen LogP contribution in [0, 0.1) is 0 Å². The maximum Gasteiger partial charge on any atom is 0.169 e. The summed E-state index contributed by atoms with van der Waals surface area (Å²) >= 11 is 3.53. The van der Waals surface area contributed by atoms with Crippen LogP contribution in [0.25, 0.3) is 0 Å². The Morgan fingerprint density at radius 2 is 2.45 bits per heavy atom. The van der Waals surface area contributed by atoms with E-state index in [2.05, 4.69) is 22.9 Å². The molecule has 0 aromatic carbocycles. The molecule has 2 unspecified atom stereocenters. The number of hydrogen-bond acceptors (Lipinski definition) is 2. The highest BCUT2D eigenvalue weighted by molar-refractivity contribution is 9.09. The summed E-state index contributed by atoms with van der Waals surface area (Å²) in [5.41, 5.74) is 0. The van der Waals surface area contributed by atoms with Crippen LogP contribution in [0.2, 0.25) is 0 Å². The molecule has 0 aromatic heterocycles. The van der Waals surface area contributed by atoms with Gasteiger partial charge in [-0.1, -0.05) is 22.9 Å². The Hall–Kier alpha value is 0.400. The molecule has 0 aromatic rings. The Labute approximate surface area is 76.4 Å². The predicted octanol–water partition coefficient (Wildman–Crippen LogP) is 2.31. The highest BCUT2D eigenvalue weighted by Crippen LogP contribution is 2.21. The number of ether oxygens (including phenoxy) is 2. The zero-order valence-electron chi connectivity index (χ0n) is 6.88. The smallest absolute Gasteiger partial charge is 0.169 e. The fourth-order valence-electron chi connectivity index (χ4n) is 1.10. The lowest BCUT2D eigenvalue weighted by Gasteiger charge is -2.27. The molecule has 0 bridgehead atoms. The van der Waals surface area contributed by atoms with Crippen LogP contribution in [0.5, 0.6) is 0 Å². The number of alkyl halides is 1. The molecule has 0 N–H and O–H groups in total. The van der Waals surface area contributed by atoms with E-state index in [4.69, 9.17) is 9.47 Å². The quantitative estimate of drug-likeness (QED) is 0.683. The summed E-state index contributed by atoms with van der Waals surface area (Å²) < 4.78 is 10.9. The summed E-state index contributed by atoms with van der Waals surface area (Å²) in [4.78, 5) is 0.391. The topological polar surface area (TPSA) is 18.5 Å². The second-order valence-electron chi connectivity index (χ2n) is 2.77. The zero-order valence-corrected chi connectivity index (χ0v) is 8.47. The van der Waals surface area contributed by atoms with Crippen LogP contribution in [-0.2, 0) is 9.47 Å². The zero-order chi connectivity index (χ0) is 8.10. The predicted molar refractivity (Wildman–Crippen MR) is 47.9 cm³/mol. The van der Waals surface area contributed by atoms with Gasteiger partial charge in [-0.15, -0.1) is 0 Å². The van der Waals surface area contributed by atoms with Crippen LogP contribution >= 0.6 is 15.9 Å². The van der Waals surface area contributed by atoms with Gasteiger partial charge in [0.25, 0.3) is 0 Å². The van der Waals surface area contributed by atoms with Crippen LogP contribution < -0.4 is 0 Å². The van der Waals surface area contributed by atoms with Gasteiger partial charge in [-0.25, -0.2) is 0 Å². The molecule has 1 saturated heterocycles. The van der Waals surface area contributed by atoms with Crippen molar-refractivity contribution in [2.24, 2.45) is 0 Å². The summed E-state index contributed by atoms with van der Waals surface area (Å²) in [5.74, 6) is 0. The molecule has 2 nitrogen and oxygen atoms in total. The first-order chi connectivity index (χ1) is 5.34. The standard InChI is InChI=1S/C8H15BrO2/c1-2-5-10-8-7(9)4-3-6-11-8/h7-8H,2-6H2,1H3. The van der Waals surface area contributed by atoms with Crippen molar-refractivity contribution in [3.05, 3.63) is 0 Å². The maximum absolute atomic E-state index is 5.48. The van der Waals surface area contributed by atoms with Crippen LogP contribution in [0.3, 0.4) is 0 Å². The van der Waals surface area contributed by atoms with Crippen molar-refractivity contribution in [3.63, 3.8) is 0 Å². The molecule has 1 aliphatic rings. The third kappa shape index (κ3) is 3.09.